The number of nitrogens with one attached hydrogen (secondary N) is 1. The van der Waals surface area contributed by atoms with Gasteiger partial charge in [0.2, 0.25) is 0 Å². The number of nitrogens with zero attached hydrogens (tertiary/aromatic N) is 2. The summed E-state index contributed by atoms with van der Waals surface area (Å²) in [4.78, 5) is 18.4. The van der Waals surface area contributed by atoms with Crippen molar-refractivity contribution in [2.75, 3.05) is 30.4 Å². The van der Waals surface area contributed by atoms with Crippen LogP contribution >= 0.6 is 0 Å². The van der Waals surface area contributed by atoms with Crippen molar-refractivity contribution in [3.05, 3.63) is 60.3 Å². The van der Waals surface area contributed by atoms with Crippen molar-refractivity contribution in [2.24, 2.45) is 0 Å². The fourth-order valence-electron chi connectivity index (χ4n) is 2.98. The molecule has 0 amide bonds. The number of carbonyl (C=O) groups is 1. The summed E-state index contributed by atoms with van der Waals surface area (Å²) in [6.07, 6.45) is 3.06. The first-order chi connectivity index (χ1) is 12.2. The molecule has 1 aromatic heterocycles. The predicted octanol–water partition coefficient (Wildman–Crippen LogP) is 3.98. The lowest BCUT2D eigenvalue weighted by atomic mass is 10.1. The minimum Gasteiger partial charge on any atom is -0.465 e. The lowest BCUT2D eigenvalue weighted by Crippen LogP contribution is -2.36. The summed E-state index contributed by atoms with van der Waals surface area (Å²) in [5.74, 6) is -0.333. The molecule has 0 unspecified atom stereocenters. The van der Waals surface area contributed by atoms with E-state index < -0.39 is 0 Å². The highest BCUT2D eigenvalue weighted by atomic mass is 16.5. The van der Waals surface area contributed by atoms with Crippen molar-refractivity contribution in [1.29, 1.82) is 0 Å². The average molecular weight is 333 g/mol. The van der Waals surface area contributed by atoms with E-state index in [0.29, 0.717) is 5.56 Å². The van der Waals surface area contributed by atoms with Gasteiger partial charge in [-0.3, -0.25) is 4.98 Å². The van der Waals surface area contributed by atoms with Crippen LogP contribution in [0, 0.1) is 0 Å². The normalized spacial score (nSPS) is 13.4. The van der Waals surface area contributed by atoms with Gasteiger partial charge >= 0.3 is 5.97 Å². The first-order valence-electron chi connectivity index (χ1n) is 8.34. The van der Waals surface area contributed by atoms with Crippen LogP contribution < -0.4 is 10.2 Å². The quantitative estimate of drug-likeness (QED) is 0.732. The van der Waals surface area contributed by atoms with Crippen molar-refractivity contribution >= 4 is 33.9 Å². The summed E-state index contributed by atoms with van der Waals surface area (Å²) >= 11 is 0. The number of pyridine rings is 1. The maximum atomic E-state index is 11.5. The Bertz CT molecular complexity index is 918. The maximum Gasteiger partial charge on any atom is 0.337 e. The summed E-state index contributed by atoms with van der Waals surface area (Å²) in [5, 5.41) is 4.51. The van der Waals surface area contributed by atoms with Gasteiger partial charge < -0.3 is 15.0 Å². The van der Waals surface area contributed by atoms with Gasteiger partial charge in [0, 0.05) is 41.7 Å². The Morgan fingerprint density at radius 3 is 2.60 bits per heavy atom. The molecule has 25 heavy (non-hydrogen) atoms. The Hall–Kier alpha value is -3.08. The maximum absolute atomic E-state index is 11.5. The van der Waals surface area contributed by atoms with Gasteiger partial charge in [-0.05, 0) is 55.0 Å². The molecule has 0 bridgehead atoms. The molecule has 1 saturated heterocycles. The molecular formula is C20H19N3O2. The summed E-state index contributed by atoms with van der Waals surface area (Å²) in [5.41, 5.74) is 4.64. The Balaban J connectivity index is 1.65. The zero-order valence-electron chi connectivity index (χ0n) is 14.0. The molecule has 1 aliphatic heterocycles. The van der Waals surface area contributed by atoms with E-state index in [1.165, 1.54) is 19.2 Å². The van der Waals surface area contributed by atoms with Gasteiger partial charge in [0.1, 0.15) is 0 Å². The number of ether oxygens (including phenoxy) is 1. The van der Waals surface area contributed by atoms with E-state index >= 15 is 0 Å². The molecule has 0 radical (unpaired) electrons. The zero-order valence-corrected chi connectivity index (χ0v) is 14.0. The highest BCUT2D eigenvalue weighted by Gasteiger charge is 2.15. The van der Waals surface area contributed by atoms with E-state index in [2.05, 4.69) is 33.4 Å². The topological polar surface area (TPSA) is 54.5 Å². The number of esters is 1. The summed E-state index contributed by atoms with van der Waals surface area (Å²) in [6, 6.07) is 15.6. The Kier molecular flexibility index (Phi) is 3.98. The van der Waals surface area contributed by atoms with Crippen molar-refractivity contribution < 1.29 is 9.53 Å². The third kappa shape index (κ3) is 3.01. The second-order valence-electron chi connectivity index (χ2n) is 6.09. The molecule has 5 nitrogen and oxygen atoms in total. The van der Waals surface area contributed by atoms with Crippen molar-refractivity contribution in [2.45, 2.75) is 6.42 Å². The number of carbonyl (C=O) groups excluding carboxylic acids is 1. The van der Waals surface area contributed by atoms with Gasteiger partial charge in [0.15, 0.2) is 0 Å². The number of aromatic nitrogens is 1. The molecule has 126 valence electrons. The molecule has 4 rings (SSSR count). The van der Waals surface area contributed by atoms with Crippen LogP contribution in [0.1, 0.15) is 16.8 Å². The number of hydrogen-bond donors (Lipinski definition) is 1. The van der Waals surface area contributed by atoms with Crippen molar-refractivity contribution in [3.63, 3.8) is 0 Å². The lowest BCUT2D eigenvalue weighted by molar-refractivity contribution is 0.0601. The summed E-state index contributed by atoms with van der Waals surface area (Å²) in [7, 11) is 1.38. The van der Waals surface area contributed by atoms with Crippen molar-refractivity contribution in [3.8, 4) is 0 Å². The number of benzene rings is 2. The molecule has 1 N–H and O–H groups in total. The summed E-state index contributed by atoms with van der Waals surface area (Å²) in [6.45, 7) is 2.23. The smallest absolute Gasteiger partial charge is 0.337 e. The molecule has 0 atom stereocenters. The number of hydrogen-bond acceptors (Lipinski definition) is 5. The van der Waals surface area contributed by atoms with Gasteiger partial charge in [0.25, 0.3) is 0 Å². The third-order valence-electron chi connectivity index (χ3n) is 4.53. The van der Waals surface area contributed by atoms with E-state index in [4.69, 9.17) is 4.74 Å². The van der Waals surface area contributed by atoms with Gasteiger partial charge in [0.05, 0.1) is 18.2 Å². The molecule has 5 heteroatoms. The number of fused-ring (bicyclic) bond motifs is 1. The fraction of sp³-hybridized carbons (Fsp3) is 0.200. The monoisotopic (exact) mass is 333 g/mol. The lowest BCUT2D eigenvalue weighted by Gasteiger charge is -2.33. The second kappa shape index (κ2) is 6.43. The van der Waals surface area contributed by atoms with Crippen LogP contribution in [-0.2, 0) is 4.74 Å². The van der Waals surface area contributed by atoms with Crippen LogP contribution in [0.15, 0.2) is 54.7 Å². The number of methoxy groups -OCH3 is 1. The Labute approximate surface area is 146 Å². The van der Waals surface area contributed by atoms with Gasteiger partial charge in [-0.25, -0.2) is 4.79 Å². The van der Waals surface area contributed by atoms with E-state index in [1.807, 2.05) is 18.2 Å². The molecule has 0 aliphatic carbocycles. The van der Waals surface area contributed by atoms with Crippen LogP contribution in [0.2, 0.25) is 0 Å². The van der Waals surface area contributed by atoms with Crippen LogP contribution in [0.4, 0.5) is 17.1 Å². The Morgan fingerprint density at radius 2 is 1.92 bits per heavy atom. The molecule has 1 aliphatic rings. The van der Waals surface area contributed by atoms with Crippen molar-refractivity contribution in [1.82, 2.24) is 4.98 Å². The van der Waals surface area contributed by atoms with E-state index in [9.17, 15) is 4.79 Å². The molecule has 0 spiro atoms. The van der Waals surface area contributed by atoms with E-state index in [0.717, 1.165) is 35.4 Å². The molecule has 2 aromatic carbocycles. The Morgan fingerprint density at radius 1 is 1.12 bits per heavy atom. The van der Waals surface area contributed by atoms with E-state index in [-0.39, 0.29) is 5.97 Å². The van der Waals surface area contributed by atoms with Crippen LogP contribution in [0.25, 0.3) is 10.9 Å². The van der Waals surface area contributed by atoms with Crippen LogP contribution in [0.3, 0.4) is 0 Å². The third-order valence-corrected chi connectivity index (χ3v) is 4.53. The highest BCUT2D eigenvalue weighted by Crippen LogP contribution is 2.30. The van der Waals surface area contributed by atoms with Crippen LogP contribution in [0.5, 0.6) is 0 Å². The molecule has 0 saturated carbocycles. The van der Waals surface area contributed by atoms with Gasteiger partial charge in [-0.2, -0.15) is 0 Å². The molecule has 2 heterocycles. The minimum absolute atomic E-state index is 0.333. The fourth-order valence-corrected chi connectivity index (χ4v) is 2.98. The first kappa shape index (κ1) is 15.4. The van der Waals surface area contributed by atoms with Crippen LogP contribution in [-0.4, -0.2) is 31.2 Å². The largest absolute Gasteiger partial charge is 0.465 e. The molecule has 1 fully saturated rings. The number of anilines is 3. The minimum atomic E-state index is -0.333. The molecular weight excluding hydrogens is 314 g/mol. The SMILES string of the molecule is COC(=O)c1ccc(Nc2ccnc3ccc(N4CCC4)cc23)cc1. The first-order valence-corrected chi connectivity index (χ1v) is 8.34. The highest BCUT2D eigenvalue weighted by molar-refractivity contribution is 5.95. The second-order valence-corrected chi connectivity index (χ2v) is 6.09. The standard InChI is InChI=1S/C20H19N3O2/c1-25-20(24)14-3-5-15(6-4-14)22-19-9-10-21-18-8-7-16(13-17(18)19)23-11-2-12-23/h3-10,13H,2,11-12H2,1H3,(H,21,22). The summed E-state index contributed by atoms with van der Waals surface area (Å²) < 4.78 is 4.73. The molecule has 3 aromatic rings. The average Bonchev–Trinajstić information content (AvgIpc) is 2.61. The zero-order chi connectivity index (χ0) is 17.2. The number of rotatable bonds is 4. The predicted molar refractivity (Wildman–Crippen MR) is 99.6 cm³/mol. The van der Waals surface area contributed by atoms with Gasteiger partial charge in [-0.15, -0.1) is 0 Å². The van der Waals surface area contributed by atoms with Gasteiger partial charge in [-0.1, -0.05) is 0 Å². The van der Waals surface area contributed by atoms with E-state index in [1.54, 1.807) is 18.3 Å².